The number of carbonyl (C=O) groups is 1. The van der Waals surface area contributed by atoms with Crippen molar-refractivity contribution >= 4 is 21.7 Å². The van der Waals surface area contributed by atoms with Crippen molar-refractivity contribution in [1.29, 1.82) is 0 Å². The van der Waals surface area contributed by atoms with Gasteiger partial charge in [0.05, 0.1) is 0 Å². The maximum Gasteiger partial charge on any atom is 0.138 e. The number of halogens is 2. The van der Waals surface area contributed by atoms with Crippen LogP contribution in [0.15, 0.2) is 22.7 Å². The second-order valence-corrected chi connectivity index (χ2v) is 5.71. The van der Waals surface area contributed by atoms with Gasteiger partial charge in [0.2, 0.25) is 0 Å². The van der Waals surface area contributed by atoms with Gasteiger partial charge in [-0.05, 0) is 24.6 Å². The minimum atomic E-state index is -0.178. The van der Waals surface area contributed by atoms with Crippen LogP contribution in [-0.4, -0.2) is 23.8 Å². The van der Waals surface area contributed by atoms with E-state index >= 15 is 0 Å². The molecule has 0 N–H and O–H groups in total. The third-order valence-corrected chi connectivity index (χ3v) is 4.00. The summed E-state index contributed by atoms with van der Waals surface area (Å²) in [7, 11) is 0. The van der Waals surface area contributed by atoms with Gasteiger partial charge in [-0.3, -0.25) is 9.69 Å². The zero-order valence-electron chi connectivity index (χ0n) is 10.5. The topological polar surface area (TPSA) is 20.3 Å². The third kappa shape index (κ3) is 3.18. The zero-order chi connectivity index (χ0) is 13.1. The van der Waals surface area contributed by atoms with Crippen LogP contribution >= 0.6 is 15.9 Å². The molecular weight excluding hydrogens is 297 g/mol. The molecule has 18 heavy (non-hydrogen) atoms. The summed E-state index contributed by atoms with van der Waals surface area (Å²) in [6, 6.07) is 4.99. The van der Waals surface area contributed by atoms with Crippen molar-refractivity contribution in [3.63, 3.8) is 0 Å². The highest BCUT2D eigenvalue weighted by Gasteiger charge is 2.25. The average Bonchev–Trinajstić information content (AvgIpc) is 2.36. The standard InChI is InChI=1S/C14H17BrFNO/c1-2-10-8-17(6-5-14(10)18)9-11-7-12(15)3-4-13(11)16/h3-4,7,10H,2,5-6,8-9H2,1H3. The average molecular weight is 314 g/mol. The second-order valence-electron chi connectivity index (χ2n) is 4.79. The smallest absolute Gasteiger partial charge is 0.138 e. The van der Waals surface area contributed by atoms with E-state index in [1.807, 2.05) is 13.0 Å². The lowest BCUT2D eigenvalue weighted by Gasteiger charge is -2.31. The van der Waals surface area contributed by atoms with Crippen LogP contribution in [0.2, 0.25) is 0 Å². The van der Waals surface area contributed by atoms with Gasteiger partial charge in [-0.1, -0.05) is 22.9 Å². The number of piperidine rings is 1. The molecule has 0 aliphatic carbocycles. The minimum absolute atomic E-state index is 0.119. The number of likely N-dealkylation sites (tertiary alicyclic amines) is 1. The normalized spacial score (nSPS) is 21.3. The molecule has 1 heterocycles. The predicted octanol–water partition coefficient (Wildman–Crippen LogP) is 3.39. The summed E-state index contributed by atoms with van der Waals surface area (Å²) in [5.74, 6) is 0.292. The summed E-state index contributed by atoms with van der Waals surface area (Å²) in [6.45, 7) is 4.10. The lowest BCUT2D eigenvalue weighted by molar-refractivity contribution is -0.126. The van der Waals surface area contributed by atoms with Crippen LogP contribution in [0.1, 0.15) is 25.3 Å². The van der Waals surface area contributed by atoms with Crippen LogP contribution in [-0.2, 0) is 11.3 Å². The summed E-state index contributed by atoms with van der Waals surface area (Å²) in [6.07, 6.45) is 1.46. The van der Waals surface area contributed by atoms with E-state index in [0.29, 0.717) is 24.3 Å². The van der Waals surface area contributed by atoms with Gasteiger partial charge in [0.25, 0.3) is 0 Å². The Kier molecular flexibility index (Phi) is 4.51. The fourth-order valence-electron chi connectivity index (χ4n) is 2.38. The SMILES string of the molecule is CCC1CN(Cc2cc(Br)ccc2F)CCC1=O. The van der Waals surface area contributed by atoms with E-state index < -0.39 is 0 Å². The van der Waals surface area contributed by atoms with E-state index in [1.165, 1.54) is 6.07 Å². The second kappa shape index (κ2) is 5.93. The Hall–Kier alpha value is -0.740. The van der Waals surface area contributed by atoms with Crippen molar-refractivity contribution in [2.24, 2.45) is 5.92 Å². The first-order chi connectivity index (χ1) is 8.60. The van der Waals surface area contributed by atoms with Crippen molar-refractivity contribution < 1.29 is 9.18 Å². The Bertz CT molecular complexity index is 449. The monoisotopic (exact) mass is 313 g/mol. The Morgan fingerprint density at radius 1 is 1.50 bits per heavy atom. The van der Waals surface area contributed by atoms with Gasteiger partial charge in [-0.25, -0.2) is 4.39 Å². The molecular formula is C14H17BrFNO. The first-order valence-electron chi connectivity index (χ1n) is 6.29. The fourth-order valence-corrected chi connectivity index (χ4v) is 2.79. The number of rotatable bonds is 3. The van der Waals surface area contributed by atoms with Crippen LogP contribution in [0.25, 0.3) is 0 Å². The predicted molar refractivity (Wildman–Crippen MR) is 72.8 cm³/mol. The van der Waals surface area contributed by atoms with E-state index in [9.17, 15) is 9.18 Å². The number of benzene rings is 1. The molecule has 4 heteroatoms. The largest absolute Gasteiger partial charge is 0.299 e. The number of hydrogen-bond acceptors (Lipinski definition) is 2. The number of ketones is 1. The number of nitrogens with zero attached hydrogens (tertiary/aromatic N) is 1. The highest BCUT2D eigenvalue weighted by atomic mass is 79.9. The molecule has 1 aromatic rings. The first-order valence-corrected chi connectivity index (χ1v) is 7.08. The maximum absolute atomic E-state index is 13.7. The molecule has 2 nitrogen and oxygen atoms in total. The first kappa shape index (κ1) is 13.7. The summed E-state index contributed by atoms with van der Waals surface area (Å²) in [5.41, 5.74) is 0.688. The van der Waals surface area contributed by atoms with Crippen molar-refractivity contribution in [2.75, 3.05) is 13.1 Å². The quantitative estimate of drug-likeness (QED) is 0.852. The molecule has 2 rings (SSSR count). The Balaban J connectivity index is 2.05. The summed E-state index contributed by atoms with van der Waals surface area (Å²) >= 11 is 3.36. The molecule has 1 aliphatic heterocycles. The van der Waals surface area contributed by atoms with Crippen molar-refractivity contribution in [3.8, 4) is 0 Å². The fraction of sp³-hybridized carbons (Fsp3) is 0.500. The summed E-state index contributed by atoms with van der Waals surface area (Å²) in [5, 5.41) is 0. The van der Waals surface area contributed by atoms with E-state index in [-0.39, 0.29) is 11.7 Å². The van der Waals surface area contributed by atoms with Crippen LogP contribution in [0.5, 0.6) is 0 Å². The van der Waals surface area contributed by atoms with Gasteiger partial charge in [-0.15, -0.1) is 0 Å². The van der Waals surface area contributed by atoms with Gasteiger partial charge in [0, 0.05) is 42.0 Å². The number of Topliss-reactive ketones (excluding diaryl/α,β-unsaturated/α-hetero) is 1. The molecule has 1 atom stereocenters. The molecule has 1 fully saturated rings. The highest BCUT2D eigenvalue weighted by Crippen LogP contribution is 2.21. The van der Waals surface area contributed by atoms with E-state index in [2.05, 4.69) is 20.8 Å². The zero-order valence-corrected chi connectivity index (χ0v) is 12.0. The van der Waals surface area contributed by atoms with Crippen LogP contribution < -0.4 is 0 Å². The van der Waals surface area contributed by atoms with Crippen molar-refractivity contribution in [2.45, 2.75) is 26.3 Å². The molecule has 1 saturated heterocycles. The molecule has 98 valence electrons. The molecule has 1 unspecified atom stereocenters. The minimum Gasteiger partial charge on any atom is -0.299 e. The highest BCUT2D eigenvalue weighted by molar-refractivity contribution is 9.10. The Morgan fingerprint density at radius 2 is 2.28 bits per heavy atom. The summed E-state index contributed by atoms with van der Waals surface area (Å²) in [4.78, 5) is 13.8. The Morgan fingerprint density at radius 3 is 3.00 bits per heavy atom. The van der Waals surface area contributed by atoms with Crippen LogP contribution in [0.4, 0.5) is 4.39 Å². The molecule has 0 bridgehead atoms. The van der Waals surface area contributed by atoms with Crippen LogP contribution in [0.3, 0.4) is 0 Å². The van der Waals surface area contributed by atoms with Gasteiger partial charge < -0.3 is 0 Å². The van der Waals surface area contributed by atoms with E-state index in [0.717, 1.165) is 24.0 Å². The van der Waals surface area contributed by atoms with Gasteiger partial charge >= 0.3 is 0 Å². The maximum atomic E-state index is 13.7. The Labute approximate surface area is 115 Å². The number of carbonyl (C=O) groups excluding carboxylic acids is 1. The van der Waals surface area contributed by atoms with Crippen molar-refractivity contribution in [1.82, 2.24) is 4.90 Å². The molecule has 1 aromatic carbocycles. The lowest BCUT2D eigenvalue weighted by Crippen LogP contribution is -2.40. The van der Waals surface area contributed by atoms with E-state index in [1.54, 1.807) is 6.07 Å². The molecule has 0 spiro atoms. The molecule has 0 radical (unpaired) electrons. The van der Waals surface area contributed by atoms with Gasteiger partial charge in [0.15, 0.2) is 0 Å². The third-order valence-electron chi connectivity index (χ3n) is 3.50. The summed E-state index contributed by atoms with van der Waals surface area (Å²) < 4.78 is 14.6. The lowest BCUT2D eigenvalue weighted by atomic mass is 9.94. The molecule has 0 aromatic heterocycles. The molecule has 0 amide bonds. The van der Waals surface area contributed by atoms with Crippen LogP contribution in [0, 0.1) is 11.7 Å². The van der Waals surface area contributed by atoms with Gasteiger partial charge in [0.1, 0.15) is 11.6 Å². The number of hydrogen-bond donors (Lipinski definition) is 0. The van der Waals surface area contributed by atoms with E-state index in [4.69, 9.17) is 0 Å². The van der Waals surface area contributed by atoms with Gasteiger partial charge in [-0.2, -0.15) is 0 Å². The molecule has 0 saturated carbocycles. The van der Waals surface area contributed by atoms with Crippen molar-refractivity contribution in [3.05, 3.63) is 34.1 Å². The molecule has 1 aliphatic rings.